The van der Waals surface area contributed by atoms with Crippen molar-refractivity contribution < 1.29 is 0 Å². The Morgan fingerprint density at radius 3 is 2.37 bits per heavy atom. The number of nitrogens with one attached hydrogen (secondary N) is 1. The summed E-state index contributed by atoms with van der Waals surface area (Å²) in [5.41, 5.74) is 4.12. The van der Waals surface area contributed by atoms with E-state index in [0.717, 1.165) is 30.0 Å². The van der Waals surface area contributed by atoms with E-state index < -0.39 is 0 Å². The van der Waals surface area contributed by atoms with Gasteiger partial charge in [-0.3, -0.25) is 0 Å². The minimum atomic E-state index is 0.867. The number of para-hydroxylation sites is 1. The van der Waals surface area contributed by atoms with Crippen molar-refractivity contribution in [2.45, 2.75) is 20.3 Å². The summed E-state index contributed by atoms with van der Waals surface area (Å²) in [6.07, 6.45) is 0.983. The van der Waals surface area contributed by atoms with Crippen LogP contribution in [0.25, 0.3) is 0 Å². The molecule has 0 radical (unpaired) electrons. The van der Waals surface area contributed by atoms with Crippen molar-refractivity contribution in [2.24, 2.45) is 10.2 Å². The Kier molecular flexibility index (Phi) is 4.67. The molecular weight excluding hydrogens is 234 g/mol. The number of rotatable bonds is 5. The number of hydrogen-bond acceptors (Lipinski definition) is 3. The summed E-state index contributed by atoms with van der Waals surface area (Å²) in [6, 6.07) is 15.9. The van der Waals surface area contributed by atoms with Crippen LogP contribution in [0.2, 0.25) is 0 Å². The zero-order chi connectivity index (χ0) is 13.5. The standard InChI is InChI=1S/C16H19N3/c1-3-13-9-8-12-15(16(13)17-4-2)19-18-14-10-6-5-7-11-14/h5-12,17H,3-4H2,1-2H3. The molecule has 0 aliphatic carbocycles. The number of anilines is 1. The first kappa shape index (κ1) is 13.3. The average molecular weight is 253 g/mol. The van der Waals surface area contributed by atoms with Gasteiger partial charge in [-0.05, 0) is 37.1 Å². The van der Waals surface area contributed by atoms with E-state index in [1.807, 2.05) is 42.5 Å². The number of hydrogen-bond donors (Lipinski definition) is 1. The molecule has 0 heterocycles. The van der Waals surface area contributed by atoms with E-state index in [9.17, 15) is 0 Å². The van der Waals surface area contributed by atoms with Crippen molar-refractivity contribution in [1.82, 2.24) is 0 Å². The van der Waals surface area contributed by atoms with Crippen LogP contribution in [0.5, 0.6) is 0 Å². The third-order valence-corrected chi connectivity index (χ3v) is 2.89. The van der Waals surface area contributed by atoms with Crippen molar-refractivity contribution in [2.75, 3.05) is 11.9 Å². The van der Waals surface area contributed by atoms with E-state index >= 15 is 0 Å². The maximum atomic E-state index is 4.37. The Hall–Kier alpha value is -2.16. The number of benzene rings is 2. The lowest BCUT2D eigenvalue weighted by Gasteiger charge is -2.11. The van der Waals surface area contributed by atoms with Crippen LogP contribution >= 0.6 is 0 Å². The first-order chi connectivity index (χ1) is 9.35. The van der Waals surface area contributed by atoms with Gasteiger partial charge in [-0.2, -0.15) is 5.11 Å². The van der Waals surface area contributed by atoms with Gasteiger partial charge < -0.3 is 5.32 Å². The highest BCUT2D eigenvalue weighted by molar-refractivity contribution is 5.69. The van der Waals surface area contributed by atoms with Crippen molar-refractivity contribution in [3.63, 3.8) is 0 Å². The van der Waals surface area contributed by atoms with Crippen molar-refractivity contribution >= 4 is 17.1 Å². The molecule has 98 valence electrons. The van der Waals surface area contributed by atoms with Gasteiger partial charge in [-0.15, -0.1) is 5.11 Å². The smallest absolute Gasteiger partial charge is 0.109 e. The summed E-state index contributed by atoms with van der Waals surface area (Å²) < 4.78 is 0. The fourth-order valence-corrected chi connectivity index (χ4v) is 1.95. The van der Waals surface area contributed by atoms with Gasteiger partial charge in [0.2, 0.25) is 0 Å². The fourth-order valence-electron chi connectivity index (χ4n) is 1.95. The van der Waals surface area contributed by atoms with Crippen LogP contribution in [0, 0.1) is 0 Å². The van der Waals surface area contributed by atoms with E-state index in [4.69, 9.17) is 0 Å². The lowest BCUT2D eigenvalue weighted by atomic mass is 10.1. The van der Waals surface area contributed by atoms with Gasteiger partial charge in [0, 0.05) is 6.54 Å². The van der Waals surface area contributed by atoms with E-state index in [2.05, 4.69) is 35.5 Å². The van der Waals surface area contributed by atoms with Crippen LogP contribution in [0.15, 0.2) is 58.8 Å². The second kappa shape index (κ2) is 6.69. The normalized spacial score (nSPS) is 10.8. The summed E-state index contributed by atoms with van der Waals surface area (Å²) >= 11 is 0. The molecule has 0 atom stereocenters. The Bertz CT molecular complexity index is 547. The molecule has 19 heavy (non-hydrogen) atoms. The number of nitrogens with zero attached hydrogens (tertiary/aromatic N) is 2. The highest BCUT2D eigenvalue weighted by Crippen LogP contribution is 2.30. The van der Waals surface area contributed by atoms with Gasteiger partial charge in [-0.25, -0.2) is 0 Å². The molecule has 0 unspecified atom stereocenters. The molecule has 2 aromatic carbocycles. The summed E-state index contributed by atoms with van der Waals surface area (Å²) in [7, 11) is 0. The lowest BCUT2D eigenvalue weighted by molar-refractivity contribution is 1.10. The molecule has 0 spiro atoms. The molecule has 0 aliphatic heterocycles. The first-order valence-corrected chi connectivity index (χ1v) is 6.67. The van der Waals surface area contributed by atoms with Crippen LogP contribution in [0.1, 0.15) is 19.4 Å². The SMILES string of the molecule is CCNc1c(CC)cccc1N=Nc1ccccc1. The van der Waals surface area contributed by atoms with E-state index in [-0.39, 0.29) is 0 Å². The van der Waals surface area contributed by atoms with E-state index in [0.29, 0.717) is 0 Å². The predicted octanol–water partition coefficient (Wildman–Crippen LogP) is 5.10. The van der Waals surface area contributed by atoms with Gasteiger partial charge in [0.1, 0.15) is 5.69 Å². The van der Waals surface area contributed by atoms with Crippen molar-refractivity contribution in [3.05, 3.63) is 54.1 Å². The molecule has 3 heteroatoms. The van der Waals surface area contributed by atoms with Crippen molar-refractivity contribution in [3.8, 4) is 0 Å². The Morgan fingerprint density at radius 1 is 0.895 bits per heavy atom. The summed E-state index contributed by atoms with van der Waals surface area (Å²) in [6.45, 7) is 5.11. The zero-order valence-electron chi connectivity index (χ0n) is 11.4. The largest absolute Gasteiger partial charge is 0.383 e. The molecule has 0 amide bonds. The predicted molar refractivity (Wildman–Crippen MR) is 80.6 cm³/mol. The maximum Gasteiger partial charge on any atom is 0.109 e. The minimum Gasteiger partial charge on any atom is -0.383 e. The minimum absolute atomic E-state index is 0.867. The van der Waals surface area contributed by atoms with Gasteiger partial charge in [0.05, 0.1) is 11.4 Å². The highest BCUT2D eigenvalue weighted by atomic mass is 15.1. The molecule has 0 aliphatic rings. The second-order valence-corrected chi connectivity index (χ2v) is 4.23. The second-order valence-electron chi connectivity index (χ2n) is 4.23. The van der Waals surface area contributed by atoms with Crippen LogP contribution in [0.3, 0.4) is 0 Å². The van der Waals surface area contributed by atoms with E-state index in [1.165, 1.54) is 5.56 Å². The molecule has 1 N–H and O–H groups in total. The summed E-state index contributed by atoms with van der Waals surface area (Å²) in [5, 5.41) is 12.0. The van der Waals surface area contributed by atoms with Gasteiger partial charge in [0.15, 0.2) is 0 Å². The third-order valence-electron chi connectivity index (χ3n) is 2.89. The van der Waals surface area contributed by atoms with Gasteiger partial charge in [0.25, 0.3) is 0 Å². The molecule has 0 bridgehead atoms. The Morgan fingerprint density at radius 2 is 1.68 bits per heavy atom. The first-order valence-electron chi connectivity index (χ1n) is 6.67. The summed E-state index contributed by atoms with van der Waals surface area (Å²) in [4.78, 5) is 0. The summed E-state index contributed by atoms with van der Waals surface area (Å²) in [5.74, 6) is 0. The molecule has 0 fully saturated rings. The van der Waals surface area contributed by atoms with Gasteiger partial charge in [-0.1, -0.05) is 37.3 Å². The molecule has 0 aromatic heterocycles. The van der Waals surface area contributed by atoms with Crippen LogP contribution in [-0.4, -0.2) is 6.54 Å². The molecule has 0 saturated carbocycles. The molecule has 2 rings (SSSR count). The monoisotopic (exact) mass is 253 g/mol. The van der Waals surface area contributed by atoms with Crippen LogP contribution < -0.4 is 5.32 Å². The zero-order valence-corrected chi connectivity index (χ0v) is 11.4. The maximum absolute atomic E-state index is 4.37. The molecule has 3 nitrogen and oxygen atoms in total. The Balaban J connectivity index is 2.31. The van der Waals surface area contributed by atoms with Crippen molar-refractivity contribution in [1.29, 1.82) is 0 Å². The van der Waals surface area contributed by atoms with Crippen LogP contribution in [-0.2, 0) is 6.42 Å². The quantitative estimate of drug-likeness (QED) is 0.740. The van der Waals surface area contributed by atoms with Crippen LogP contribution in [0.4, 0.5) is 17.1 Å². The Labute approximate surface area is 114 Å². The average Bonchev–Trinajstić information content (AvgIpc) is 2.47. The topological polar surface area (TPSA) is 36.8 Å². The lowest BCUT2D eigenvalue weighted by Crippen LogP contribution is -2.00. The molecule has 2 aromatic rings. The molecular formula is C16H19N3. The highest BCUT2D eigenvalue weighted by Gasteiger charge is 2.05. The fraction of sp³-hybridized carbons (Fsp3) is 0.250. The number of azo groups is 1. The molecule has 0 saturated heterocycles. The van der Waals surface area contributed by atoms with Gasteiger partial charge >= 0.3 is 0 Å². The third kappa shape index (κ3) is 3.41. The van der Waals surface area contributed by atoms with E-state index in [1.54, 1.807) is 0 Å². The number of aryl methyl sites for hydroxylation is 1.